The first-order valence-corrected chi connectivity index (χ1v) is 8.76. The second kappa shape index (κ2) is 7.12. The Hall–Kier alpha value is -2.95. The SMILES string of the molecule is CCC(=O)c1c(C(C)C)n(Cc2ccccn2)c2cc(C(=O)O)ccc12. The van der Waals surface area contributed by atoms with Crippen molar-refractivity contribution in [2.75, 3.05) is 0 Å². The Balaban J connectivity index is 2.33. The molecular weight excluding hydrogens is 328 g/mol. The lowest BCUT2D eigenvalue weighted by molar-refractivity contribution is 0.0696. The monoisotopic (exact) mass is 350 g/mol. The molecule has 2 aromatic heterocycles. The maximum absolute atomic E-state index is 12.7. The Morgan fingerprint density at radius 3 is 2.54 bits per heavy atom. The van der Waals surface area contributed by atoms with Crippen LogP contribution >= 0.6 is 0 Å². The third kappa shape index (κ3) is 3.12. The van der Waals surface area contributed by atoms with Crippen molar-refractivity contribution in [1.82, 2.24) is 9.55 Å². The first-order valence-electron chi connectivity index (χ1n) is 8.76. The number of carboxylic acid groups (broad SMARTS) is 1. The Labute approximate surface area is 152 Å². The zero-order valence-corrected chi connectivity index (χ0v) is 15.2. The standard InChI is InChI=1S/C21H22N2O3/c1-4-18(24)19-16-9-8-14(21(25)26)11-17(16)23(20(19)13(2)3)12-15-7-5-6-10-22-15/h5-11,13H,4,12H2,1-3H3,(H,25,26). The third-order valence-corrected chi connectivity index (χ3v) is 4.54. The van der Waals surface area contributed by atoms with Crippen LogP contribution in [0.15, 0.2) is 42.6 Å². The maximum Gasteiger partial charge on any atom is 0.335 e. The molecule has 3 rings (SSSR count). The number of ketones is 1. The number of fused-ring (bicyclic) bond motifs is 1. The van der Waals surface area contributed by atoms with E-state index in [1.54, 1.807) is 24.4 Å². The number of rotatable bonds is 6. The van der Waals surface area contributed by atoms with Crippen molar-refractivity contribution < 1.29 is 14.7 Å². The predicted octanol–water partition coefficient (Wildman–Crippen LogP) is 4.50. The minimum atomic E-state index is -0.980. The Morgan fingerprint density at radius 1 is 1.19 bits per heavy atom. The number of carboxylic acids is 1. The van der Waals surface area contributed by atoms with E-state index in [0.29, 0.717) is 18.5 Å². The summed E-state index contributed by atoms with van der Waals surface area (Å²) in [5.74, 6) is -0.793. The first-order chi connectivity index (χ1) is 12.4. The van der Waals surface area contributed by atoms with Crippen LogP contribution in [0.25, 0.3) is 10.9 Å². The number of pyridine rings is 1. The first kappa shape index (κ1) is 17.9. The van der Waals surface area contributed by atoms with Crippen molar-refractivity contribution >= 4 is 22.7 Å². The van der Waals surface area contributed by atoms with Crippen LogP contribution in [0.5, 0.6) is 0 Å². The number of aromatic carboxylic acids is 1. The molecule has 26 heavy (non-hydrogen) atoms. The van der Waals surface area contributed by atoms with Gasteiger partial charge in [0.15, 0.2) is 5.78 Å². The molecule has 0 fully saturated rings. The van der Waals surface area contributed by atoms with E-state index < -0.39 is 5.97 Å². The minimum absolute atomic E-state index is 0.0709. The van der Waals surface area contributed by atoms with Gasteiger partial charge in [-0.1, -0.05) is 32.9 Å². The summed E-state index contributed by atoms with van der Waals surface area (Å²) >= 11 is 0. The third-order valence-electron chi connectivity index (χ3n) is 4.54. The zero-order chi connectivity index (χ0) is 18.8. The molecule has 0 bridgehead atoms. The molecule has 0 aliphatic carbocycles. The normalized spacial score (nSPS) is 11.2. The van der Waals surface area contributed by atoms with E-state index in [4.69, 9.17) is 0 Å². The topological polar surface area (TPSA) is 72.2 Å². The molecule has 5 nitrogen and oxygen atoms in total. The van der Waals surface area contributed by atoms with Gasteiger partial charge in [0.05, 0.1) is 23.3 Å². The molecule has 0 aliphatic rings. The number of hydrogen-bond acceptors (Lipinski definition) is 3. The van der Waals surface area contributed by atoms with Crippen LogP contribution in [0, 0.1) is 0 Å². The summed E-state index contributed by atoms with van der Waals surface area (Å²) in [4.78, 5) is 28.5. The summed E-state index contributed by atoms with van der Waals surface area (Å²) in [6.07, 6.45) is 2.14. The molecule has 1 N–H and O–H groups in total. The molecule has 0 unspecified atom stereocenters. The van der Waals surface area contributed by atoms with Crippen LogP contribution in [-0.4, -0.2) is 26.4 Å². The van der Waals surface area contributed by atoms with Crippen LogP contribution in [0.1, 0.15) is 65.2 Å². The molecule has 0 aliphatic heterocycles. The van der Waals surface area contributed by atoms with Crippen LogP contribution in [-0.2, 0) is 6.54 Å². The van der Waals surface area contributed by atoms with Crippen molar-refractivity contribution in [3.8, 4) is 0 Å². The fourth-order valence-corrected chi connectivity index (χ4v) is 3.40. The summed E-state index contributed by atoms with van der Waals surface area (Å²) in [6, 6.07) is 10.7. The number of benzene rings is 1. The van der Waals surface area contributed by atoms with Crippen molar-refractivity contribution in [2.24, 2.45) is 0 Å². The van der Waals surface area contributed by atoms with Gasteiger partial charge >= 0.3 is 5.97 Å². The molecule has 0 atom stereocenters. The second-order valence-corrected chi connectivity index (χ2v) is 6.64. The van der Waals surface area contributed by atoms with Gasteiger partial charge in [0, 0.05) is 29.3 Å². The number of aromatic nitrogens is 2. The van der Waals surface area contributed by atoms with Crippen LogP contribution < -0.4 is 0 Å². The fraction of sp³-hybridized carbons (Fsp3) is 0.286. The molecule has 2 heterocycles. The van der Waals surface area contributed by atoms with Gasteiger partial charge in [0.2, 0.25) is 0 Å². The highest BCUT2D eigenvalue weighted by Crippen LogP contribution is 2.33. The molecule has 0 saturated heterocycles. The zero-order valence-electron chi connectivity index (χ0n) is 15.2. The highest BCUT2D eigenvalue weighted by molar-refractivity contribution is 6.10. The number of carbonyl (C=O) groups excluding carboxylic acids is 1. The summed E-state index contributed by atoms with van der Waals surface area (Å²) in [7, 11) is 0. The van der Waals surface area contributed by atoms with E-state index in [1.807, 2.05) is 43.5 Å². The lowest BCUT2D eigenvalue weighted by Gasteiger charge is -2.14. The molecule has 1 aromatic carbocycles. The molecular formula is C21H22N2O3. The van der Waals surface area contributed by atoms with Gasteiger partial charge in [-0.15, -0.1) is 0 Å². The molecule has 0 radical (unpaired) electrons. The lowest BCUT2D eigenvalue weighted by Crippen LogP contribution is -2.10. The van der Waals surface area contributed by atoms with E-state index in [0.717, 1.165) is 22.3 Å². The molecule has 0 amide bonds. The van der Waals surface area contributed by atoms with Crippen LogP contribution in [0.4, 0.5) is 0 Å². The van der Waals surface area contributed by atoms with Crippen molar-refractivity contribution in [1.29, 1.82) is 0 Å². The van der Waals surface area contributed by atoms with Crippen molar-refractivity contribution in [3.63, 3.8) is 0 Å². The predicted molar refractivity (Wildman–Crippen MR) is 101 cm³/mol. The van der Waals surface area contributed by atoms with Crippen LogP contribution in [0.3, 0.4) is 0 Å². The maximum atomic E-state index is 12.7. The van der Waals surface area contributed by atoms with Gasteiger partial charge in [0.1, 0.15) is 0 Å². The average Bonchev–Trinajstić information content (AvgIpc) is 2.95. The summed E-state index contributed by atoms with van der Waals surface area (Å²) in [6.45, 7) is 6.44. The fourth-order valence-electron chi connectivity index (χ4n) is 3.40. The highest BCUT2D eigenvalue weighted by atomic mass is 16.4. The van der Waals surface area contributed by atoms with Crippen molar-refractivity contribution in [2.45, 2.75) is 39.7 Å². The van der Waals surface area contributed by atoms with E-state index in [-0.39, 0.29) is 17.3 Å². The van der Waals surface area contributed by atoms with Gasteiger partial charge in [0.25, 0.3) is 0 Å². The minimum Gasteiger partial charge on any atom is -0.478 e. The average molecular weight is 350 g/mol. The van der Waals surface area contributed by atoms with E-state index in [2.05, 4.69) is 4.98 Å². The summed E-state index contributed by atoms with van der Waals surface area (Å²) < 4.78 is 2.04. The van der Waals surface area contributed by atoms with Crippen LogP contribution in [0.2, 0.25) is 0 Å². The lowest BCUT2D eigenvalue weighted by atomic mass is 9.98. The largest absolute Gasteiger partial charge is 0.478 e. The van der Waals surface area contributed by atoms with E-state index >= 15 is 0 Å². The van der Waals surface area contributed by atoms with Gasteiger partial charge in [-0.3, -0.25) is 9.78 Å². The number of Topliss-reactive ketones (excluding diaryl/α,β-unsaturated/α-hetero) is 1. The number of carbonyl (C=O) groups is 2. The molecule has 3 aromatic rings. The van der Waals surface area contributed by atoms with Gasteiger partial charge < -0.3 is 9.67 Å². The highest BCUT2D eigenvalue weighted by Gasteiger charge is 2.24. The van der Waals surface area contributed by atoms with Gasteiger partial charge in [-0.2, -0.15) is 0 Å². The molecule has 0 spiro atoms. The Morgan fingerprint density at radius 2 is 1.96 bits per heavy atom. The summed E-state index contributed by atoms with van der Waals surface area (Å²) in [5.41, 5.74) is 3.46. The van der Waals surface area contributed by atoms with E-state index in [9.17, 15) is 14.7 Å². The quantitative estimate of drug-likeness (QED) is 0.664. The number of nitrogens with zero attached hydrogens (tertiary/aromatic N) is 2. The number of hydrogen-bond donors (Lipinski definition) is 1. The van der Waals surface area contributed by atoms with Gasteiger partial charge in [-0.05, 0) is 30.2 Å². The molecule has 5 heteroatoms. The Bertz CT molecular complexity index is 972. The summed E-state index contributed by atoms with van der Waals surface area (Å²) in [5, 5.41) is 10.2. The second-order valence-electron chi connectivity index (χ2n) is 6.64. The van der Waals surface area contributed by atoms with E-state index in [1.165, 1.54) is 0 Å². The van der Waals surface area contributed by atoms with Crippen molar-refractivity contribution in [3.05, 3.63) is 65.1 Å². The smallest absolute Gasteiger partial charge is 0.335 e. The molecule has 0 saturated carbocycles. The van der Waals surface area contributed by atoms with Gasteiger partial charge in [-0.25, -0.2) is 4.79 Å². The molecule has 134 valence electrons. The Kier molecular flexibility index (Phi) is 4.89.